The second-order valence-electron chi connectivity index (χ2n) is 7.50. The van der Waals surface area contributed by atoms with E-state index >= 15 is 0 Å². The number of nitrogens with one attached hydrogen (secondary N) is 1. The Kier molecular flexibility index (Phi) is 5.99. The van der Waals surface area contributed by atoms with Crippen LogP contribution in [0.15, 0.2) is 0 Å². The summed E-state index contributed by atoms with van der Waals surface area (Å²) < 4.78 is 0. The second-order valence-corrected chi connectivity index (χ2v) is 7.50. The topological polar surface area (TPSA) is 12.0 Å². The van der Waals surface area contributed by atoms with Gasteiger partial charge >= 0.3 is 0 Å². The van der Waals surface area contributed by atoms with Crippen LogP contribution in [0.2, 0.25) is 0 Å². The van der Waals surface area contributed by atoms with Gasteiger partial charge in [-0.2, -0.15) is 0 Å². The number of rotatable bonds is 6. The molecule has 1 aliphatic carbocycles. The summed E-state index contributed by atoms with van der Waals surface area (Å²) in [6.07, 6.45) is 7.35. The van der Waals surface area contributed by atoms with Gasteiger partial charge in [0.2, 0.25) is 0 Å². The normalized spacial score (nSPS) is 20.1. The van der Waals surface area contributed by atoms with Crippen molar-refractivity contribution in [2.24, 2.45) is 23.2 Å². The van der Waals surface area contributed by atoms with Crippen LogP contribution in [0.25, 0.3) is 0 Å². The zero-order chi connectivity index (χ0) is 12.9. The van der Waals surface area contributed by atoms with Gasteiger partial charge in [-0.25, -0.2) is 0 Å². The minimum atomic E-state index is 0.451. The van der Waals surface area contributed by atoms with Crippen LogP contribution in [0.5, 0.6) is 0 Å². The molecule has 102 valence electrons. The van der Waals surface area contributed by atoms with Crippen LogP contribution in [0.4, 0.5) is 0 Å². The minimum absolute atomic E-state index is 0.451. The monoisotopic (exact) mass is 239 g/mol. The smallest absolute Gasteiger partial charge is 0.00153 e. The van der Waals surface area contributed by atoms with Gasteiger partial charge in [0.25, 0.3) is 0 Å². The van der Waals surface area contributed by atoms with Crippen LogP contribution in [0.1, 0.15) is 66.7 Å². The van der Waals surface area contributed by atoms with Gasteiger partial charge in [-0.05, 0) is 42.7 Å². The zero-order valence-electron chi connectivity index (χ0n) is 12.7. The molecule has 1 unspecified atom stereocenters. The van der Waals surface area contributed by atoms with E-state index in [1.54, 1.807) is 0 Å². The molecule has 0 bridgehead atoms. The Bertz CT molecular complexity index is 196. The van der Waals surface area contributed by atoms with Crippen molar-refractivity contribution in [3.63, 3.8) is 0 Å². The van der Waals surface area contributed by atoms with Crippen molar-refractivity contribution in [2.45, 2.75) is 66.7 Å². The Balaban J connectivity index is 2.37. The molecule has 1 atom stereocenters. The molecule has 1 heteroatoms. The summed E-state index contributed by atoms with van der Waals surface area (Å²) >= 11 is 0. The van der Waals surface area contributed by atoms with E-state index in [1.165, 1.54) is 38.6 Å². The van der Waals surface area contributed by atoms with E-state index in [0.717, 1.165) is 24.3 Å². The summed E-state index contributed by atoms with van der Waals surface area (Å²) in [6, 6.07) is 0. The summed E-state index contributed by atoms with van der Waals surface area (Å²) in [7, 11) is 0. The first-order chi connectivity index (χ1) is 7.89. The predicted octanol–water partition coefficient (Wildman–Crippen LogP) is 4.47. The molecule has 0 aromatic carbocycles. The molecule has 1 fully saturated rings. The molecule has 0 aliphatic heterocycles. The molecule has 0 aromatic rings. The summed E-state index contributed by atoms with van der Waals surface area (Å²) in [5.41, 5.74) is 0.451. The van der Waals surface area contributed by atoms with Gasteiger partial charge in [-0.1, -0.05) is 60.3 Å². The molecule has 1 rings (SSSR count). The molecule has 0 saturated heterocycles. The van der Waals surface area contributed by atoms with E-state index in [0.29, 0.717) is 5.41 Å². The summed E-state index contributed by atoms with van der Waals surface area (Å²) in [5.74, 6) is 2.62. The highest BCUT2D eigenvalue weighted by Crippen LogP contribution is 2.36. The van der Waals surface area contributed by atoms with Gasteiger partial charge in [0.1, 0.15) is 0 Å². The molecule has 1 nitrogen and oxygen atoms in total. The fraction of sp³-hybridized carbons (Fsp3) is 1.00. The van der Waals surface area contributed by atoms with Crippen LogP contribution in [-0.2, 0) is 0 Å². The molecular formula is C16H33N. The third-order valence-electron chi connectivity index (χ3n) is 4.26. The van der Waals surface area contributed by atoms with E-state index < -0.39 is 0 Å². The first-order valence-corrected chi connectivity index (χ1v) is 7.60. The van der Waals surface area contributed by atoms with E-state index in [1.807, 2.05) is 0 Å². The summed E-state index contributed by atoms with van der Waals surface area (Å²) in [4.78, 5) is 0. The highest BCUT2D eigenvalue weighted by atomic mass is 14.9. The van der Waals surface area contributed by atoms with E-state index in [4.69, 9.17) is 0 Å². The van der Waals surface area contributed by atoms with Gasteiger partial charge in [0.05, 0.1) is 0 Å². The van der Waals surface area contributed by atoms with E-state index in [9.17, 15) is 0 Å². The first kappa shape index (κ1) is 15.0. The predicted molar refractivity (Wildman–Crippen MR) is 77.2 cm³/mol. The molecule has 0 spiro atoms. The van der Waals surface area contributed by atoms with Gasteiger partial charge in [0.15, 0.2) is 0 Å². The van der Waals surface area contributed by atoms with E-state index in [-0.39, 0.29) is 0 Å². The summed E-state index contributed by atoms with van der Waals surface area (Å²) in [6.45, 7) is 14.2. The lowest BCUT2D eigenvalue weighted by molar-refractivity contribution is 0.189. The Hall–Kier alpha value is -0.0400. The Morgan fingerprint density at radius 3 is 2.12 bits per heavy atom. The molecule has 17 heavy (non-hydrogen) atoms. The Labute approximate surface area is 109 Å². The fourth-order valence-electron chi connectivity index (χ4n) is 2.94. The van der Waals surface area contributed by atoms with Crippen molar-refractivity contribution in [3.8, 4) is 0 Å². The maximum absolute atomic E-state index is 3.67. The van der Waals surface area contributed by atoms with Crippen LogP contribution in [0.3, 0.4) is 0 Å². The lowest BCUT2D eigenvalue weighted by atomic mass is 9.75. The molecule has 1 saturated carbocycles. The SMILES string of the molecule is CC(C)CNCC(CC1CCCC1)C(C)(C)C. The average Bonchev–Trinajstić information content (AvgIpc) is 2.66. The van der Waals surface area contributed by atoms with Crippen molar-refractivity contribution < 1.29 is 0 Å². The Morgan fingerprint density at radius 2 is 1.65 bits per heavy atom. The molecule has 0 radical (unpaired) electrons. The highest BCUT2D eigenvalue weighted by molar-refractivity contribution is 4.80. The third-order valence-corrected chi connectivity index (χ3v) is 4.26. The number of hydrogen-bond donors (Lipinski definition) is 1. The van der Waals surface area contributed by atoms with Crippen molar-refractivity contribution >= 4 is 0 Å². The molecular weight excluding hydrogens is 206 g/mol. The fourth-order valence-corrected chi connectivity index (χ4v) is 2.94. The van der Waals surface area contributed by atoms with Crippen LogP contribution in [0, 0.1) is 23.2 Å². The van der Waals surface area contributed by atoms with Gasteiger partial charge < -0.3 is 5.32 Å². The quantitative estimate of drug-likeness (QED) is 0.721. The maximum atomic E-state index is 3.67. The van der Waals surface area contributed by atoms with Crippen molar-refractivity contribution in [2.75, 3.05) is 13.1 Å². The number of hydrogen-bond acceptors (Lipinski definition) is 1. The molecule has 0 heterocycles. The van der Waals surface area contributed by atoms with Crippen LogP contribution in [-0.4, -0.2) is 13.1 Å². The average molecular weight is 239 g/mol. The van der Waals surface area contributed by atoms with Gasteiger partial charge in [-0.15, -0.1) is 0 Å². The summed E-state index contributed by atoms with van der Waals surface area (Å²) in [5, 5.41) is 3.67. The van der Waals surface area contributed by atoms with Gasteiger partial charge in [-0.3, -0.25) is 0 Å². The minimum Gasteiger partial charge on any atom is -0.316 e. The standard InChI is InChI=1S/C16H33N/c1-13(2)11-17-12-15(16(3,4)5)10-14-8-6-7-9-14/h13-15,17H,6-12H2,1-5H3. The largest absolute Gasteiger partial charge is 0.316 e. The molecule has 0 aromatic heterocycles. The highest BCUT2D eigenvalue weighted by Gasteiger charge is 2.28. The first-order valence-electron chi connectivity index (χ1n) is 7.60. The van der Waals surface area contributed by atoms with Crippen LogP contribution < -0.4 is 5.32 Å². The maximum Gasteiger partial charge on any atom is -0.00153 e. The van der Waals surface area contributed by atoms with E-state index in [2.05, 4.69) is 39.9 Å². The van der Waals surface area contributed by atoms with Crippen molar-refractivity contribution in [3.05, 3.63) is 0 Å². The lowest BCUT2D eigenvalue weighted by Gasteiger charge is -2.33. The Morgan fingerprint density at radius 1 is 1.06 bits per heavy atom. The van der Waals surface area contributed by atoms with Crippen molar-refractivity contribution in [1.29, 1.82) is 0 Å². The second kappa shape index (κ2) is 6.78. The zero-order valence-corrected chi connectivity index (χ0v) is 12.7. The third kappa shape index (κ3) is 5.90. The lowest BCUT2D eigenvalue weighted by Crippen LogP contribution is -2.34. The van der Waals surface area contributed by atoms with Crippen LogP contribution >= 0.6 is 0 Å². The van der Waals surface area contributed by atoms with Crippen molar-refractivity contribution in [1.82, 2.24) is 5.32 Å². The molecule has 1 N–H and O–H groups in total. The van der Waals surface area contributed by atoms with Gasteiger partial charge in [0, 0.05) is 0 Å². The molecule has 1 aliphatic rings. The molecule has 0 amide bonds.